The van der Waals surface area contributed by atoms with E-state index in [0.29, 0.717) is 10.7 Å². The van der Waals surface area contributed by atoms with Gasteiger partial charge in [0.1, 0.15) is 4.90 Å². The van der Waals surface area contributed by atoms with Crippen molar-refractivity contribution in [2.45, 2.75) is 4.90 Å². The lowest BCUT2D eigenvalue weighted by atomic mass is 10.3. The number of nitrogens with one attached hydrogen (secondary N) is 2. The summed E-state index contributed by atoms with van der Waals surface area (Å²) in [7, 11) is -1.99. The van der Waals surface area contributed by atoms with Crippen LogP contribution < -0.4 is 10.0 Å². The van der Waals surface area contributed by atoms with Crippen LogP contribution in [0.15, 0.2) is 47.4 Å². The lowest BCUT2D eigenvalue weighted by molar-refractivity contribution is 0.601. The second kappa shape index (κ2) is 5.91. The second-order valence-corrected chi connectivity index (χ2v) is 6.50. The highest BCUT2D eigenvalue weighted by Crippen LogP contribution is 2.27. The van der Waals surface area contributed by atoms with Crippen LogP contribution in [-0.2, 0) is 10.0 Å². The Morgan fingerprint density at radius 2 is 1.55 bits per heavy atom. The van der Waals surface area contributed by atoms with Crippen LogP contribution in [0.25, 0.3) is 0 Å². The average Bonchev–Trinajstić information content (AvgIpc) is 2.42. The predicted octanol–water partition coefficient (Wildman–Crippen LogP) is 3.84. The quantitative estimate of drug-likeness (QED) is 0.895. The summed E-state index contributed by atoms with van der Waals surface area (Å²) in [6, 6.07) is 11.1. The minimum atomic E-state index is -3.77. The first kappa shape index (κ1) is 15.0. The van der Waals surface area contributed by atoms with Crippen LogP contribution in [-0.4, -0.2) is 15.5 Å². The van der Waals surface area contributed by atoms with Gasteiger partial charge in [0.25, 0.3) is 10.0 Å². The molecule has 0 heterocycles. The largest absolute Gasteiger partial charge is 0.388 e. The summed E-state index contributed by atoms with van der Waals surface area (Å²) in [5, 5.41) is 3.37. The molecule has 0 bridgehead atoms. The third kappa shape index (κ3) is 3.36. The third-order valence-corrected chi connectivity index (χ3v) is 4.71. The molecule has 0 aromatic heterocycles. The summed E-state index contributed by atoms with van der Waals surface area (Å²) in [5.74, 6) is 0. The normalized spacial score (nSPS) is 11.2. The van der Waals surface area contributed by atoms with Crippen molar-refractivity contribution in [2.75, 3.05) is 17.1 Å². The van der Waals surface area contributed by atoms with E-state index in [0.717, 1.165) is 5.69 Å². The highest BCUT2D eigenvalue weighted by atomic mass is 35.5. The molecule has 0 aliphatic heterocycles. The van der Waals surface area contributed by atoms with E-state index >= 15 is 0 Å². The molecule has 106 valence electrons. The number of hydrogen-bond acceptors (Lipinski definition) is 3. The van der Waals surface area contributed by atoms with Gasteiger partial charge in [0.15, 0.2) is 0 Å². The Morgan fingerprint density at radius 3 is 2.15 bits per heavy atom. The smallest absolute Gasteiger partial charge is 0.263 e. The first-order valence-electron chi connectivity index (χ1n) is 5.68. The summed E-state index contributed by atoms with van der Waals surface area (Å²) in [6.45, 7) is 0. The van der Waals surface area contributed by atoms with E-state index in [1.807, 2.05) is 0 Å². The van der Waals surface area contributed by atoms with Crippen LogP contribution in [0, 0.1) is 0 Å². The maximum atomic E-state index is 12.3. The molecule has 0 atom stereocenters. The predicted molar refractivity (Wildman–Crippen MR) is 83.3 cm³/mol. The number of sulfonamides is 1. The van der Waals surface area contributed by atoms with Crippen LogP contribution in [0.3, 0.4) is 0 Å². The molecule has 0 radical (unpaired) electrons. The minimum Gasteiger partial charge on any atom is -0.388 e. The Hall–Kier alpha value is -1.43. The SMILES string of the molecule is CNc1ccc(NS(=O)(=O)c2cc(Cl)ccc2Cl)cc1. The van der Waals surface area contributed by atoms with Crippen molar-refractivity contribution in [3.05, 3.63) is 52.5 Å². The van der Waals surface area contributed by atoms with Crippen LogP contribution in [0.1, 0.15) is 0 Å². The average molecular weight is 331 g/mol. The fourth-order valence-corrected chi connectivity index (χ4v) is 3.42. The number of rotatable bonds is 4. The molecule has 0 unspecified atom stereocenters. The zero-order valence-electron chi connectivity index (χ0n) is 10.5. The maximum absolute atomic E-state index is 12.3. The topological polar surface area (TPSA) is 58.2 Å². The highest BCUT2D eigenvalue weighted by molar-refractivity contribution is 7.92. The van der Waals surface area contributed by atoms with E-state index in [2.05, 4.69) is 10.0 Å². The molecule has 0 aliphatic carbocycles. The van der Waals surface area contributed by atoms with Gasteiger partial charge in [-0.25, -0.2) is 8.42 Å². The Labute approximate surface area is 127 Å². The Kier molecular flexibility index (Phi) is 4.42. The van der Waals surface area contributed by atoms with Gasteiger partial charge in [-0.1, -0.05) is 23.2 Å². The van der Waals surface area contributed by atoms with Gasteiger partial charge in [0, 0.05) is 23.4 Å². The standard InChI is InChI=1S/C13H12Cl2N2O2S/c1-16-10-3-5-11(6-4-10)17-20(18,19)13-8-9(14)2-7-12(13)15/h2-8,16-17H,1H3. The number of hydrogen-bond donors (Lipinski definition) is 2. The molecule has 2 aromatic rings. The van der Waals surface area contributed by atoms with Crippen LogP contribution >= 0.6 is 23.2 Å². The summed E-state index contributed by atoms with van der Waals surface area (Å²) < 4.78 is 27.0. The first-order valence-corrected chi connectivity index (χ1v) is 7.92. The van der Waals surface area contributed by atoms with Crippen molar-refractivity contribution in [1.29, 1.82) is 0 Å². The van der Waals surface area contributed by atoms with E-state index in [1.165, 1.54) is 18.2 Å². The molecule has 2 aromatic carbocycles. The number of benzene rings is 2. The summed E-state index contributed by atoms with van der Waals surface area (Å²) in [6.07, 6.45) is 0. The maximum Gasteiger partial charge on any atom is 0.263 e. The Morgan fingerprint density at radius 1 is 0.950 bits per heavy atom. The van der Waals surface area contributed by atoms with Crippen molar-refractivity contribution in [2.24, 2.45) is 0 Å². The van der Waals surface area contributed by atoms with Crippen LogP contribution in [0.2, 0.25) is 10.0 Å². The van der Waals surface area contributed by atoms with E-state index in [1.54, 1.807) is 31.3 Å². The molecule has 20 heavy (non-hydrogen) atoms. The van der Waals surface area contributed by atoms with Crippen LogP contribution in [0.4, 0.5) is 11.4 Å². The zero-order chi connectivity index (χ0) is 14.8. The van der Waals surface area contributed by atoms with Crippen molar-refractivity contribution >= 4 is 44.6 Å². The number of halogens is 2. The molecule has 7 heteroatoms. The van der Waals surface area contributed by atoms with Gasteiger partial charge < -0.3 is 5.32 Å². The minimum absolute atomic E-state index is 0.0515. The van der Waals surface area contributed by atoms with Crippen molar-refractivity contribution in [3.63, 3.8) is 0 Å². The number of anilines is 2. The summed E-state index contributed by atoms with van der Waals surface area (Å²) in [5.41, 5.74) is 1.33. The van der Waals surface area contributed by atoms with Crippen molar-refractivity contribution < 1.29 is 8.42 Å². The molecule has 0 fully saturated rings. The molecule has 0 saturated heterocycles. The van der Waals surface area contributed by atoms with Gasteiger partial charge in [-0.05, 0) is 42.5 Å². The van der Waals surface area contributed by atoms with E-state index in [-0.39, 0.29) is 9.92 Å². The van der Waals surface area contributed by atoms with Crippen LogP contribution in [0.5, 0.6) is 0 Å². The summed E-state index contributed by atoms with van der Waals surface area (Å²) in [4.78, 5) is -0.0515. The Balaban J connectivity index is 2.32. The van der Waals surface area contributed by atoms with E-state index in [9.17, 15) is 8.42 Å². The molecule has 0 saturated carbocycles. The fourth-order valence-electron chi connectivity index (χ4n) is 1.60. The van der Waals surface area contributed by atoms with Gasteiger partial charge in [0.2, 0.25) is 0 Å². The van der Waals surface area contributed by atoms with E-state index in [4.69, 9.17) is 23.2 Å². The lowest BCUT2D eigenvalue weighted by Crippen LogP contribution is -2.13. The van der Waals surface area contributed by atoms with E-state index < -0.39 is 10.0 Å². The van der Waals surface area contributed by atoms with Gasteiger partial charge in [0.05, 0.1) is 5.02 Å². The third-order valence-electron chi connectivity index (χ3n) is 2.61. The molecule has 0 aliphatic rings. The molecule has 2 N–H and O–H groups in total. The first-order chi connectivity index (χ1) is 9.42. The van der Waals surface area contributed by atoms with Gasteiger partial charge >= 0.3 is 0 Å². The monoisotopic (exact) mass is 330 g/mol. The Bertz CT molecular complexity index is 716. The molecular formula is C13H12Cl2N2O2S. The van der Waals surface area contributed by atoms with Gasteiger partial charge in [-0.15, -0.1) is 0 Å². The molecular weight excluding hydrogens is 319 g/mol. The van der Waals surface area contributed by atoms with Gasteiger partial charge in [-0.2, -0.15) is 0 Å². The van der Waals surface area contributed by atoms with Gasteiger partial charge in [-0.3, -0.25) is 4.72 Å². The van der Waals surface area contributed by atoms with Crippen molar-refractivity contribution in [3.8, 4) is 0 Å². The molecule has 4 nitrogen and oxygen atoms in total. The fraction of sp³-hybridized carbons (Fsp3) is 0.0769. The molecule has 0 spiro atoms. The lowest BCUT2D eigenvalue weighted by Gasteiger charge is -2.10. The zero-order valence-corrected chi connectivity index (χ0v) is 12.9. The summed E-state index contributed by atoms with van der Waals surface area (Å²) >= 11 is 11.7. The molecule has 0 amide bonds. The van der Waals surface area contributed by atoms with Crippen molar-refractivity contribution in [1.82, 2.24) is 0 Å². The highest BCUT2D eigenvalue weighted by Gasteiger charge is 2.18. The molecule has 2 rings (SSSR count). The second-order valence-electron chi connectivity index (χ2n) is 4.01.